The first-order chi connectivity index (χ1) is 16.5. The number of aromatic nitrogens is 1. The number of aliphatic hydroxyl groups is 1. The minimum absolute atomic E-state index is 0.101. The quantitative estimate of drug-likeness (QED) is 0.248. The van der Waals surface area contributed by atoms with Gasteiger partial charge in [0.15, 0.2) is 0 Å². The zero-order chi connectivity index (χ0) is 23.8. The number of carbonyl (C=O) groups excluding carboxylic acids is 2. The van der Waals surface area contributed by atoms with Crippen molar-refractivity contribution in [2.45, 2.75) is 12.5 Å². The van der Waals surface area contributed by atoms with Gasteiger partial charge in [-0.2, -0.15) is 0 Å². The number of nitrogens with one attached hydrogen (secondary N) is 1. The predicted octanol–water partition coefficient (Wildman–Crippen LogP) is 5.11. The molecule has 5 rings (SSSR count). The van der Waals surface area contributed by atoms with Gasteiger partial charge in [0.25, 0.3) is 11.7 Å². The maximum Gasteiger partial charge on any atom is 0.295 e. The van der Waals surface area contributed by atoms with Crippen LogP contribution in [0.15, 0.2) is 84.6 Å². The van der Waals surface area contributed by atoms with Crippen LogP contribution in [-0.2, 0) is 16.0 Å². The zero-order valence-corrected chi connectivity index (χ0v) is 18.0. The van der Waals surface area contributed by atoms with Crippen molar-refractivity contribution in [2.75, 3.05) is 6.54 Å². The molecule has 7 heteroatoms. The average Bonchev–Trinajstić information content (AvgIpc) is 3.37. The molecular formula is C27H20F2N2O3. The number of benzene rings is 3. The predicted molar refractivity (Wildman–Crippen MR) is 124 cm³/mol. The zero-order valence-electron chi connectivity index (χ0n) is 18.0. The van der Waals surface area contributed by atoms with Crippen LogP contribution in [-0.4, -0.2) is 33.2 Å². The number of rotatable bonds is 5. The minimum Gasteiger partial charge on any atom is -0.507 e. The Kier molecular flexibility index (Phi) is 5.45. The van der Waals surface area contributed by atoms with Gasteiger partial charge in [-0.1, -0.05) is 36.4 Å². The third-order valence-corrected chi connectivity index (χ3v) is 6.15. The summed E-state index contributed by atoms with van der Waals surface area (Å²) in [5, 5.41) is 12.0. The van der Waals surface area contributed by atoms with E-state index in [0.717, 1.165) is 28.6 Å². The number of carbonyl (C=O) groups is 2. The molecule has 170 valence electrons. The molecule has 1 aromatic heterocycles. The summed E-state index contributed by atoms with van der Waals surface area (Å²) in [6.45, 7) is 0.131. The Labute approximate surface area is 194 Å². The molecular weight excluding hydrogens is 438 g/mol. The molecule has 0 saturated carbocycles. The summed E-state index contributed by atoms with van der Waals surface area (Å²) in [5.41, 5.74) is 1.94. The molecule has 2 N–H and O–H groups in total. The molecule has 3 aromatic carbocycles. The van der Waals surface area contributed by atoms with Crippen LogP contribution < -0.4 is 0 Å². The number of para-hydroxylation sites is 1. The first-order valence-corrected chi connectivity index (χ1v) is 10.8. The molecule has 34 heavy (non-hydrogen) atoms. The Morgan fingerprint density at radius 2 is 1.65 bits per heavy atom. The van der Waals surface area contributed by atoms with Gasteiger partial charge in [0.1, 0.15) is 17.4 Å². The van der Waals surface area contributed by atoms with Crippen molar-refractivity contribution in [1.29, 1.82) is 0 Å². The Bertz CT molecular complexity index is 1440. The number of nitrogens with zero attached hydrogens (tertiary/aromatic N) is 1. The van der Waals surface area contributed by atoms with Gasteiger partial charge in [-0.15, -0.1) is 0 Å². The smallest absolute Gasteiger partial charge is 0.295 e. The highest BCUT2D eigenvalue weighted by Gasteiger charge is 2.46. The second-order valence-corrected chi connectivity index (χ2v) is 8.13. The maximum atomic E-state index is 14.9. The molecule has 1 fully saturated rings. The molecule has 2 heterocycles. The van der Waals surface area contributed by atoms with Gasteiger partial charge in [0.05, 0.1) is 11.6 Å². The lowest BCUT2D eigenvalue weighted by Gasteiger charge is -2.25. The van der Waals surface area contributed by atoms with E-state index in [0.29, 0.717) is 6.42 Å². The normalized spacial score (nSPS) is 17.6. The fourth-order valence-electron chi connectivity index (χ4n) is 4.47. The highest BCUT2D eigenvalue weighted by atomic mass is 19.1. The summed E-state index contributed by atoms with van der Waals surface area (Å²) >= 11 is 0. The van der Waals surface area contributed by atoms with E-state index in [4.69, 9.17) is 0 Å². The SMILES string of the molecule is O=C1C(=O)N(CCc2c[nH]c3ccccc23)[C@@H](c2ccccc2F)C1=C(O)c1ccc(F)cc1. The van der Waals surface area contributed by atoms with Gasteiger partial charge in [0.2, 0.25) is 0 Å². The van der Waals surface area contributed by atoms with Crippen molar-refractivity contribution in [3.05, 3.63) is 113 Å². The third kappa shape index (κ3) is 3.65. The van der Waals surface area contributed by atoms with Crippen LogP contribution in [0, 0.1) is 11.6 Å². The molecule has 4 aromatic rings. The van der Waals surface area contributed by atoms with Gasteiger partial charge in [-0.3, -0.25) is 9.59 Å². The van der Waals surface area contributed by atoms with E-state index in [2.05, 4.69) is 4.98 Å². The number of likely N-dealkylation sites (tertiary alicyclic amines) is 1. The van der Waals surface area contributed by atoms with Crippen LogP contribution >= 0.6 is 0 Å². The van der Waals surface area contributed by atoms with Crippen LogP contribution in [0.5, 0.6) is 0 Å². The van der Waals surface area contributed by atoms with Crippen LogP contribution in [0.2, 0.25) is 0 Å². The van der Waals surface area contributed by atoms with Crippen molar-refractivity contribution in [1.82, 2.24) is 9.88 Å². The number of amides is 1. The van der Waals surface area contributed by atoms with Crippen LogP contribution in [0.3, 0.4) is 0 Å². The van der Waals surface area contributed by atoms with Crippen LogP contribution in [0.25, 0.3) is 16.7 Å². The summed E-state index contributed by atoms with van der Waals surface area (Å²) in [5.74, 6) is -3.31. The molecule has 1 aliphatic rings. The van der Waals surface area contributed by atoms with Crippen LogP contribution in [0.1, 0.15) is 22.7 Å². The number of fused-ring (bicyclic) bond motifs is 1. The second-order valence-electron chi connectivity index (χ2n) is 8.13. The van der Waals surface area contributed by atoms with E-state index in [1.807, 2.05) is 30.5 Å². The minimum atomic E-state index is -1.11. The fraction of sp³-hybridized carbons (Fsp3) is 0.111. The molecule has 0 bridgehead atoms. The largest absolute Gasteiger partial charge is 0.507 e. The summed E-state index contributed by atoms with van der Waals surface area (Å²) in [7, 11) is 0. The number of ketones is 1. The Hall–Kier alpha value is -4.26. The van der Waals surface area contributed by atoms with Crippen molar-refractivity contribution in [3.63, 3.8) is 0 Å². The van der Waals surface area contributed by atoms with Gasteiger partial charge >= 0.3 is 0 Å². The Morgan fingerprint density at radius 1 is 0.941 bits per heavy atom. The number of halogens is 2. The molecule has 0 radical (unpaired) electrons. The number of H-pyrrole nitrogens is 1. The first-order valence-electron chi connectivity index (χ1n) is 10.8. The van der Waals surface area contributed by atoms with E-state index in [1.54, 1.807) is 6.07 Å². The molecule has 1 saturated heterocycles. The molecule has 5 nitrogen and oxygen atoms in total. The molecule has 0 aliphatic carbocycles. The van der Waals surface area contributed by atoms with E-state index < -0.39 is 35.1 Å². The molecule has 1 aliphatic heterocycles. The van der Waals surface area contributed by atoms with Crippen molar-refractivity contribution in [2.24, 2.45) is 0 Å². The highest BCUT2D eigenvalue weighted by molar-refractivity contribution is 6.46. The summed E-state index contributed by atoms with van der Waals surface area (Å²) in [6.07, 6.45) is 2.26. The van der Waals surface area contributed by atoms with Gasteiger partial charge in [-0.05, 0) is 48.4 Å². The first kappa shape index (κ1) is 21.6. The summed E-state index contributed by atoms with van der Waals surface area (Å²) in [4.78, 5) is 30.6. The molecule has 1 amide bonds. The fourth-order valence-corrected chi connectivity index (χ4v) is 4.47. The van der Waals surface area contributed by atoms with Crippen molar-refractivity contribution >= 4 is 28.4 Å². The molecule has 1 atom stereocenters. The van der Waals surface area contributed by atoms with E-state index in [1.165, 1.54) is 35.2 Å². The summed E-state index contributed by atoms with van der Waals surface area (Å²) in [6, 6.07) is 17.3. The monoisotopic (exact) mass is 458 g/mol. The third-order valence-electron chi connectivity index (χ3n) is 6.15. The number of aromatic amines is 1. The molecule has 0 spiro atoms. The van der Waals surface area contributed by atoms with E-state index >= 15 is 0 Å². The topological polar surface area (TPSA) is 73.4 Å². The van der Waals surface area contributed by atoms with Gasteiger partial charge in [0, 0.05) is 34.8 Å². The van der Waals surface area contributed by atoms with Crippen LogP contribution in [0.4, 0.5) is 8.78 Å². The Morgan fingerprint density at radius 3 is 2.41 bits per heavy atom. The van der Waals surface area contributed by atoms with Crippen molar-refractivity contribution in [3.8, 4) is 0 Å². The van der Waals surface area contributed by atoms with Gasteiger partial charge in [-0.25, -0.2) is 8.78 Å². The lowest BCUT2D eigenvalue weighted by molar-refractivity contribution is -0.139. The van der Waals surface area contributed by atoms with E-state index in [-0.39, 0.29) is 23.2 Å². The lowest BCUT2D eigenvalue weighted by Crippen LogP contribution is -2.32. The maximum absolute atomic E-state index is 14.9. The number of Topliss-reactive ketones (excluding diaryl/α,β-unsaturated/α-hetero) is 1. The molecule has 0 unspecified atom stereocenters. The lowest BCUT2D eigenvalue weighted by atomic mass is 9.94. The highest BCUT2D eigenvalue weighted by Crippen LogP contribution is 2.40. The number of hydrogen-bond donors (Lipinski definition) is 2. The van der Waals surface area contributed by atoms with Crippen molar-refractivity contribution < 1.29 is 23.5 Å². The number of aliphatic hydroxyl groups excluding tert-OH is 1. The second kappa shape index (κ2) is 8.59. The number of hydrogen-bond acceptors (Lipinski definition) is 3. The van der Waals surface area contributed by atoms with E-state index in [9.17, 15) is 23.5 Å². The standard InChI is InChI=1S/C27H20F2N2O3/c28-18-11-9-16(10-12-18)25(32)23-24(20-6-1-3-7-21(20)29)31(27(34)26(23)33)14-13-17-15-30-22-8-4-2-5-19(17)22/h1-12,15,24,30,32H,13-14H2/t24-/m0/s1. The van der Waals surface area contributed by atoms with Gasteiger partial charge < -0.3 is 15.0 Å². The summed E-state index contributed by atoms with van der Waals surface area (Å²) < 4.78 is 28.3. The Balaban J connectivity index is 1.58. The average molecular weight is 458 g/mol.